The normalized spacial score (nSPS) is 25.0. The Morgan fingerprint density at radius 2 is 1.81 bits per heavy atom. The van der Waals surface area contributed by atoms with Gasteiger partial charge in [-0.15, -0.1) is 0 Å². The molecule has 2 rings (SSSR count). The van der Waals surface area contributed by atoms with Gasteiger partial charge in [0, 0.05) is 5.56 Å². The van der Waals surface area contributed by atoms with Crippen molar-refractivity contribution in [3.8, 4) is 0 Å². The third-order valence-electron chi connectivity index (χ3n) is 5.69. The average molecular weight is 375 g/mol. The molecule has 0 spiro atoms. The maximum atomic E-state index is 13.3. The number of benzene rings is 1. The maximum Gasteiger partial charge on any atom is 0.325 e. The molecule has 1 amide bonds. The predicted molar refractivity (Wildman–Crippen MR) is 101 cm³/mol. The van der Waals surface area contributed by atoms with Gasteiger partial charge in [-0.1, -0.05) is 31.9 Å². The minimum absolute atomic E-state index is 0.000372. The lowest BCUT2D eigenvalue weighted by Gasteiger charge is -2.45. The smallest absolute Gasteiger partial charge is 0.325 e. The molecule has 2 unspecified atom stereocenters. The first-order chi connectivity index (χ1) is 12.7. The summed E-state index contributed by atoms with van der Waals surface area (Å²) in [7, 11) is 0. The van der Waals surface area contributed by atoms with Crippen molar-refractivity contribution in [3.63, 3.8) is 0 Å². The number of carbonyl (C=O) groups excluding carboxylic acids is 3. The molecule has 148 valence electrons. The number of carbonyl (C=O) groups is 3. The molecule has 1 fully saturated rings. The summed E-state index contributed by atoms with van der Waals surface area (Å²) in [6.45, 7) is 5.84. The minimum atomic E-state index is -2.21. The lowest BCUT2D eigenvalue weighted by atomic mass is 9.59. The molecule has 0 aliphatic heterocycles. The molecular formula is C21H29NO5. The number of hydrogen-bond acceptors (Lipinski definition) is 5. The van der Waals surface area contributed by atoms with Crippen molar-refractivity contribution in [3.05, 3.63) is 34.9 Å². The van der Waals surface area contributed by atoms with E-state index in [2.05, 4.69) is 0 Å². The second-order valence-electron chi connectivity index (χ2n) is 7.45. The van der Waals surface area contributed by atoms with Crippen LogP contribution in [-0.2, 0) is 14.3 Å². The summed E-state index contributed by atoms with van der Waals surface area (Å²) in [6, 6.07) is 5.05. The number of esters is 1. The van der Waals surface area contributed by atoms with E-state index in [0.29, 0.717) is 19.3 Å². The summed E-state index contributed by atoms with van der Waals surface area (Å²) in [6.07, 6.45) is 2.45. The van der Waals surface area contributed by atoms with Crippen LogP contribution in [0.4, 0.5) is 0 Å². The van der Waals surface area contributed by atoms with Gasteiger partial charge in [-0.2, -0.15) is 0 Å². The van der Waals surface area contributed by atoms with Crippen LogP contribution in [0.25, 0.3) is 0 Å². The Hall–Kier alpha value is -2.21. The second kappa shape index (κ2) is 8.21. The highest BCUT2D eigenvalue weighted by atomic mass is 16.5. The molecule has 27 heavy (non-hydrogen) atoms. The predicted octanol–water partition coefficient (Wildman–Crippen LogP) is 2.61. The highest BCUT2D eigenvalue weighted by molar-refractivity contribution is 6.14. The van der Waals surface area contributed by atoms with Gasteiger partial charge in [-0.05, 0) is 56.7 Å². The van der Waals surface area contributed by atoms with Crippen LogP contribution in [0, 0.1) is 19.3 Å². The molecule has 2 atom stereocenters. The van der Waals surface area contributed by atoms with Crippen LogP contribution in [0.1, 0.15) is 66.9 Å². The van der Waals surface area contributed by atoms with E-state index >= 15 is 0 Å². The van der Waals surface area contributed by atoms with E-state index in [-0.39, 0.29) is 25.0 Å². The van der Waals surface area contributed by atoms with Crippen LogP contribution in [0.3, 0.4) is 0 Å². The van der Waals surface area contributed by atoms with Gasteiger partial charge in [0.05, 0.1) is 6.61 Å². The second-order valence-corrected chi connectivity index (χ2v) is 7.45. The minimum Gasteiger partial charge on any atom is -0.465 e. The van der Waals surface area contributed by atoms with E-state index in [1.165, 1.54) is 0 Å². The molecule has 1 aliphatic rings. The highest BCUT2D eigenvalue weighted by Gasteiger charge is 2.65. The number of ether oxygens (including phenoxy) is 1. The molecule has 0 saturated heterocycles. The zero-order valence-electron chi connectivity index (χ0n) is 16.3. The first-order valence-electron chi connectivity index (χ1n) is 9.52. The highest BCUT2D eigenvalue weighted by Crippen LogP contribution is 2.47. The van der Waals surface area contributed by atoms with Crippen LogP contribution in [0.2, 0.25) is 0 Å². The molecule has 0 aromatic heterocycles. The van der Waals surface area contributed by atoms with Gasteiger partial charge in [-0.25, -0.2) is 0 Å². The topological polar surface area (TPSA) is 107 Å². The van der Waals surface area contributed by atoms with E-state index < -0.39 is 28.7 Å². The Morgan fingerprint density at radius 1 is 1.15 bits per heavy atom. The molecule has 1 saturated carbocycles. The van der Waals surface area contributed by atoms with Crippen molar-refractivity contribution in [1.82, 2.24) is 0 Å². The molecule has 0 heterocycles. The Kier molecular flexibility index (Phi) is 6.42. The summed E-state index contributed by atoms with van der Waals surface area (Å²) in [4.78, 5) is 38.6. The molecule has 0 radical (unpaired) electrons. The summed E-state index contributed by atoms with van der Waals surface area (Å²) >= 11 is 0. The lowest BCUT2D eigenvalue weighted by Crippen LogP contribution is -2.66. The number of nitrogens with two attached hydrogens (primary N) is 1. The largest absolute Gasteiger partial charge is 0.465 e. The van der Waals surface area contributed by atoms with Gasteiger partial charge in [0.2, 0.25) is 5.91 Å². The molecule has 6 nitrogen and oxygen atoms in total. The van der Waals surface area contributed by atoms with E-state index in [9.17, 15) is 19.5 Å². The first-order valence-corrected chi connectivity index (χ1v) is 9.52. The maximum absolute atomic E-state index is 13.3. The van der Waals surface area contributed by atoms with Gasteiger partial charge in [0.25, 0.3) is 0 Å². The number of hydrogen-bond donors (Lipinski definition) is 2. The van der Waals surface area contributed by atoms with Crippen molar-refractivity contribution >= 4 is 17.7 Å². The summed E-state index contributed by atoms with van der Waals surface area (Å²) < 4.78 is 5.26. The van der Waals surface area contributed by atoms with Crippen molar-refractivity contribution in [1.29, 1.82) is 0 Å². The Morgan fingerprint density at radius 3 is 2.41 bits per heavy atom. The fraction of sp³-hybridized carbons (Fsp3) is 0.571. The summed E-state index contributed by atoms with van der Waals surface area (Å²) in [5.41, 5.74) is 3.48. The number of amides is 1. The molecule has 3 N–H and O–H groups in total. The van der Waals surface area contributed by atoms with Gasteiger partial charge in [-0.3, -0.25) is 14.4 Å². The molecular weight excluding hydrogens is 346 g/mol. The number of rotatable bonds is 7. The van der Waals surface area contributed by atoms with Gasteiger partial charge >= 0.3 is 5.97 Å². The molecule has 1 aromatic rings. The lowest BCUT2D eigenvalue weighted by molar-refractivity contribution is -0.180. The SMILES string of the molecule is CCCCOC(=O)C1(C(N)=O)CCCCC1(O)C(=O)c1ccc(C)c(C)c1. The van der Waals surface area contributed by atoms with Crippen LogP contribution in [-0.4, -0.2) is 35.0 Å². The standard InChI is InChI=1S/C21H29NO5/c1-4-5-12-27-19(25)20(18(22)24)10-6-7-11-21(20,26)17(23)16-9-8-14(2)15(3)13-16/h8-9,13,26H,4-7,10-12H2,1-3H3,(H2,22,24). The van der Waals surface area contributed by atoms with Crippen molar-refractivity contribution in [2.24, 2.45) is 11.1 Å². The number of Topliss-reactive ketones (excluding diaryl/α,β-unsaturated/α-hetero) is 1. The zero-order valence-corrected chi connectivity index (χ0v) is 16.3. The van der Waals surface area contributed by atoms with E-state index in [0.717, 1.165) is 17.5 Å². The van der Waals surface area contributed by atoms with E-state index in [1.807, 2.05) is 20.8 Å². The van der Waals surface area contributed by atoms with Crippen molar-refractivity contribution < 1.29 is 24.2 Å². The average Bonchev–Trinajstić information content (AvgIpc) is 2.63. The van der Waals surface area contributed by atoms with Gasteiger partial charge in [0.15, 0.2) is 16.8 Å². The van der Waals surface area contributed by atoms with Crippen LogP contribution in [0.15, 0.2) is 18.2 Å². The van der Waals surface area contributed by atoms with Crippen LogP contribution >= 0.6 is 0 Å². The van der Waals surface area contributed by atoms with Crippen molar-refractivity contribution in [2.45, 2.75) is 64.9 Å². The van der Waals surface area contributed by atoms with Crippen molar-refractivity contribution in [2.75, 3.05) is 6.61 Å². The monoisotopic (exact) mass is 375 g/mol. The van der Waals surface area contributed by atoms with E-state index in [4.69, 9.17) is 10.5 Å². The zero-order chi connectivity index (χ0) is 20.2. The fourth-order valence-corrected chi connectivity index (χ4v) is 3.75. The third kappa shape index (κ3) is 3.63. The Balaban J connectivity index is 2.49. The fourth-order valence-electron chi connectivity index (χ4n) is 3.75. The number of aliphatic hydroxyl groups is 1. The Labute approximate surface area is 160 Å². The number of primary amides is 1. The summed E-state index contributed by atoms with van der Waals surface area (Å²) in [5, 5.41) is 11.4. The number of aryl methyl sites for hydroxylation is 2. The number of ketones is 1. The summed E-state index contributed by atoms with van der Waals surface area (Å²) in [5.74, 6) is -2.57. The van der Waals surface area contributed by atoms with E-state index in [1.54, 1.807) is 18.2 Å². The number of unbranched alkanes of at least 4 members (excludes halogenated alkanes) is 1. The molecule has 1 aliphatic carbocycles. The molecule has 0 bridgehead atoms. The molecule has 6 heteroatoms. The molecule has 1 aromatic carbocycles. The van der Waals surface area contributed by atoms with Crippen LogP contribution < -0.4 is 5.73 Å². The Bertz CT molecular complexity index is 744. The first kappa shape index (κ1) is 21.1. The third-order valence-corrected chi connectivity index (χ3v) is 5.69. The quantitative estimate of drug-likeness (QED) is 0.330. The van der Waals surface area contributed by atoms with Crippen LogP contribution in [0.5, 0.6) is 0 Å². The van der Waals surface area contributed by atoms with Gasteiger partial charge < -0.3 is 15.6 Å². The van der Waals surface area contributed by atoms with Gasteiger partial charge in [0.1, 0.15) is 0 Å².